The van der Waals surface area contributed by atoms with Crippen molar-refractivity contribution in [2.75, 3.05) is 46.7 Å². The minimum atomic E-state index is 0.682. The van der Waals surface area contributed by atoms with Crippen LogP contribution in [0.1, 0.15) is 0 Å². The van der Waals surface area contributed by atoms with Gasteiger partial charge in [-0.2, -0.15) is 0 Å². The zero-order chi connectivity index (χ0) is 13.8. The van der Waals surface area contributed by atoms with Crippen LogP contribution >= 0.6 is 0 Å². The Morgan fingerprint density at radius 1 is 1.21 bits per heavy atom. The van der Waals surface area contributed by atoms with E-state index in [0.29, 0.717) is 11.5 Å². The molecule has 6 heteroatoms. The number of aromatic nitrogens is 2. The third kappa shape index (κ3) is 3.08. The summed E-state index contributed by atoms with van der Waals surface area (Å²) in [5.74, 6) is 2.13. The smallest absolute Gasteiger partial charge is 0.201 e. The van der Waals surface area contributed by atoms with Gasteiger partial charge in [-0.1, -0.05) is 0 Å². The SMILES string of the molecule is COc1cc2nc(NCCN(C)C)[nH]c2cc1OC. The molecule has 1 heterocycles. The van der Waals surface area contributed by atoms with Gasteiger partial charge in [0.15, 0.2) is 11.5 Å². The van der Waals surface area contributed by atoms with Crippen molar-refractivity contribution in [1.29, 1.82) is 0 Å². The average molecular weight is 264 g/mol. The van der Waals surface area contributed by atoms with Crippen LogP contribution in [0.25, 0.3) is 11.0 Å². The van der Waals surface area contributed by atoms with Gasteiger partial charge in [0, 0.05) is 25.2 Å². The predicted molar refractivity (Wildman–Crippen MR) is 76.2 cm³/mol. The third-order valence-electron chi connectivity index (χ3n) is 2.84. The van der Waals surface area contributed by atoms with Gasteiger partial charge in [0.25, 0.3) is 0 Å². The second kappa shape index (κ2) is 5.79. The lowest BCUT2D eigenvalue weighted by atomic mass is 10.3. The molecule has 0 aliphatic carbocycles. The summed E-state index contributed by atoms with van der Waals surface area (Å²) in [7, 11) is 7.31. The van der Waals surface area contributed by atoms with Crippen LogP contribution in [0.4, 0.5) is 5.95 Å². The minimum absolute atomic E-state index is 0.682. The van der Waals surface area contributed by atoms with Crippen molar-refractivity contribution in [2.45, 2.75) is 0 Å². The Hall–Kier alpha value is -1.95. The number of imidazole rings is 1. The zero-order valence-corrected chi connectivity index (χ0v) is 11.8. The number of benzene rings is 1. The van der Waals surface area contributed by atoms with E-state index in [1.165, 1.54) is 0 Å². The van der Waals surface area contributed by atoms with Crippen molar-refractivity contribution < 1.29 is 9.47 Å². The van der Waals surface area contributed by atoms with Crippen LogP contribution in [0.15, 0.2) is 12.1 Å². The Bertz CT molecular complexity index is 510. The molecule has 0 aliphatic rings. The van der Waals surface area contributed by atoms with Gasteiger partial charge in [-0.25, -0.2) is 4.98 Å². The molecule has 0 unspecified atom stereocenters. The third-order valence-corrected chi connectivity index (χ3v) is 2.84. The van der Waals surface area contributed by atoms with Gasteiger partial charge >= 0.3 is 0 Å². The summed E-state index contributed by atoms with van der Waals surface area (Å²) in [6.45, 7) is 1.78. The van der Waals surface area contributed by atoms with Gasteiger partial charge in [0.2, 0.25) is 5.95 Å². The second-order valence-electron chi connectivity index (χ2n) is 4.54. The highest BCUT2D eigenvalue weighted by molar-refractivity contribution is 5.81. The standard InChI is InChI=1S/C13H20N4O2/c1-17(2)6-5-14-13-15-9-7-11(18-3)12(19-4)8-10(9)16-13/h7-8H,5-6H2,1-4H3,(H2,14,15,16). The molecule has 1 aromatic heterocycles. The molecule has 2 N–H and O–H groups in total. The maximum Gasteiger partial charge on any atom is 0.201 e. The topological polar surface area (TPSA) is 62.4 Å². The van der Waals surface area contributed by atoms with E-state index >= 15 is 0 Å². The van der Waals surface area contributed by atoms with Crippen LogP contribution in [0.3, 0.4) is 0 Å². The molecule has 19 heavy (non-hydrogen) atoms. The monoisotopic (exact) mass is 264 g/mol. The predicted octanol–water partition coefficient (Wildman–Crippen LogP) is 1.55. The summed E-state index contributed by atoms with van der Waals surface area (Å²) < 4.78 is 10.5. The van der Waals surface area contributed by atoms with E-state index in [0.717, 1.165) is 30.1 Å². The number of hydrogen-bond donors (Lipinski definition) is 2. The molecular weight excluding hydrogens is 244 g/mol. The lowest BCUT2D eigenvalue weighted by molar-refractivity contribution is 0.356. The van der Waals surface area contributed by atoms with E-state index in [-0.39, 0.29) is 0 Å². The Morgan fingerprint density at radius 2 is 1.89 bits per heavy atom. The highest BCUT2D eigenvalue weighted by Gasteiger charge is 2.09. The van der Waals surface area contributed by atoms with Gasteiger partial charge in [0.05, 0.1) is 25.3 Å². The normalized spacial score (nSPS) is 11.0. The van der Waals surface area contributed by atoms with Gasteiger partial charge in [-0.15, -0.1) is 0 Å². The Kier molecular flexibility index (Phi) is 4.11. The number of aromatic amines is 1. The summed E-state index contributed by atoms with van der Waals surface area (Å²) in [5, 5.41) is 3.25. The van der Waals surface area contributed by atoms with Crippen LogP contribution < -0.4 is 14.8 Å². The van der Waals surface area contributed by atoms with Crippen molar-refractivity contribution in [1.82, 2.24) is 14.9 Å². The van der Waals surface area contributed by atoms with E-state index in [4.69, 9.17) is 9.47 Å². The molecule has 0 bridgehead atoms. The van der Waals surface area contributed by atoms with E-state index in [2.05, 4.69) is 20.2 Å². The van der Waals surface area contributed by atoms with Crippen LogP contribution in [0.2, 0.25) is 0 Å². The molecule has 0 amide bonds. The van der Waals surface area contributed by atoms with E-state index in [9.17, 15) is 0 Å². The minimum Gasteiger partial charge on any atom is -0.493 e. The van der Waals surface area contributed by atoms with Crippen molar-refractivity contribution in [3.8, 4) is 11.5 Å². The maximum atomic E-state index is 5.27. The number of H-pyrrole nitrogens is 1. The van der Waals surface area contributed by atoms with Crippen LogP contribution in [-0.4, -0.2) is 56.3 Å². The number of rotatable bonds is 6. The van der Waals surface area contributed by atoms with Crippen molar-refractivity contribution in [3.63, 3.8) is 0 Å². The fourth-order valence-electron chi connectivity index (χ4n) is 1.82. The quantitative estimate of drug-likeness (QED) is 0.829. The highest BCUT2D eigenvalue weighted by Crippen LogP contribution is 2.31. The average Bonchev–Trinajstić information content (AvgIpc) is 2.77. The van der Waals surface area contributed by atoms with Crippen molar-refractivity contribution in [2.24, 2.45) is 0 Å². The first-order valence-corrected chi connectivity index (χ1v) is 6.14. The molecule has 104 valence electrons. The lowest BCUT2D eigenvalue weighted by Gasteiger charge is -2.08. The first-order valence-electron chi connectivity index (χ1n) is 6.14. The number of ether oxygens (including phenoxy) is 2. The number of nitrogens with one attached hydrogen (secondary N) is 2. The first-order chi connectivity index (χ1) is 9.13. The number of nitrogens with zero attached hydrogens (tertiary/aromatic N) is 2. The van der Waals surface area contributed by atoms with Gasteiger partial charge in [0.1, 0.15) is 0 Å². The van der Waals surface area contributed by atoms with Gasteiger partial charge < -0.3 is 24.7 Å². The molecule has 2 aromatic rings. The molecular formula is C13H20N4O2. The first kappa shape index (κ1) is 13.5. The summed E-state index contributed by atoms with van der Waals surface area (Å²) in [6.07, 6.45) is 0. The summed E-state index contributed by atoms with van der Waals surface area (Å²) in [6, 6.07) is 3.75. The van der Waals surface area contributed by atoms with Crippen molar-refractivity contribution >= 4 is 17.0 Å². The molecule has 0 fully saturated rings. The molecule has 1 aromatic carbocycles. The fourth-order valence-corrected chi connectivity index (χ4v) is 1.82. The Morgan fingerprint density at radius 3 is 2.53 bits per heavy atom. The summed E-state index contributed by atoms with van der Waals surface area (Å²) >= 11 is 0. The molecule has 2 rings (SSSR count). The maximum absolute atomic E-state index is 5.27. The van der Waals surface area contributed by atoms with Crippen LogP contribution in [0.5, 0.6) is 11.5 Å². The van der Waals surface area contributed by atoms with Gasteiger partial charge in [-0.05, 0) is 14.1 Å². The number of anilines is 1. The van der Waals surface area contributed by atoms with Gasteiger partial charge in [-0.3, -0.25) is 0 Å². The lowest BCUT2D eigenvalue weighted by Crippen LogP contribution is -2.21. The van der Waals surface area contributed by atoms with E-state index < -0.39 is 0 Å². The number of fused-ring (bicyclic) bond motifs is 1. The summed E-state index contributed by atoms with van der Waals surface area (Å²) in [5.41, 5.74) is 1.77. The molecule has 0 atom stereocenters. The fraction of sp³-hybridized carbons (Fsp3) is 0.462. The van der Waals surface area contributed by atoms with E-state index in [1.54, 1.807) is 14.2 Å². The van der Waals surface area contributed by atoms with E-state index in [1.807, 2.05) is 26.2 Å². The largest absolute Gasteiger partial charge is 0.493 e. The van der Waals surface area contributed by atoms with Crippen molar-refractivity contribution in [3.05, 3.63) is 12.1 Å². The number of likely N-dealkylation sites (N-methyl/N-ethyl adjacent to an activating group) is 1. The molecule has 0 aliphatic heterocycles. The zero-order valence-electron chi connectivity index (χ0n) is 11.8. The van der Waals surface area contributed by atoms with Crippen LogP contribution in [-0.2, 0) is 0 Å². The highest BCUT2D eigenvalue weighted by atomic mass is 16.5. The molecule has 0 saturated heterocycles. The number of hydrogen-bond acceptors (Lipinski definition) is 5. The molecule has 0 saturated carbocycles. The van der Waals surface area contributed by atoms with Crippen LogP contribution in [0, 0.1) is 0 Å². The molecule has 6 nitrogen and oxygen atoms in total. The Labute approximate surface area is 112 Å². The molecule has 0 radical (unpaired) electrons. The molecule has 0 spiro atoms. The summed E-state index contributed by atoms with van der Waals surface area (Å²) in [4.78, 5) is 9.80. The second-order valence-corrected chi connectivity index (χ2v) is 4.54. The number of methoxy groups -OCH3 is 2. The Balaban J connectivity index is 2.20.